The van der Waals surface area contributed by atoms with Crippen molar-refractivity contribution in [2.75, 3.05) is 6.61 Å². The first kappa shape index (κ1) is 24.6. The molecular weight excluding hydrogens is 490 g/mol. The van der Waals surface area contributed by atoms with Crippen LogP contribution in [0.15, 0.2) is 76.8 Å². The fraction of sp³-hybridized carbons (Fsp3) is 0.174. The Kier molecular flexibility index (Phi) is 6.79. The number of nitrogens with zero attached hydrogens (tertiary/aromatic N) is 1. The monoisotopic (exact) mass is 509 g/mol. The molecule has 2 aromatic heterocycles. The molecule has 1 unspecified atom stereocenters. The van der Waals surface area contributed by atoms with Gasteiger partial charge in [-0.15, -0.1) is 0 Å². The van der Waals surface area contributed by atoms with E-state index in [1.54, 1.807) is 24.5 Å². The second kappa shape index (κ2) is 9.64. The molecule has 4 rings (SSSR count). The van der Waals surface area contributed by atoms with Gasteiger partial charge in [0.2, 0.25) is 9.84 Å². The topological polar surface area (TPSA) is 104 Å². The predicted octanol–water partition coefficient (Wildman–Crippen LogP) is 4.26. The van der Waals surface area contributed by atoms with Crippen molar-refractivity contribution in [3.63, 3.8) is 0 Å². The summed E-state index contributed by atoms with van der Waals surface area (Å²) in [5.74, 6) is -1.93. The van der Waals surface area contributed by atoms with Crippen LogP contribution in [0.1, 0.15) is 17.5 Å². The van der Waals surface area contributed by atoms with Gasteiger partial charge in [0.05, 0.1) is 15.5 Å². The standard InChI is InChI=1S/C23H19F4N3O4S/c24-18-6-5-17(10-21(18)34-13-23(25,26)27)35(32,33)16-3-1-14(2-4-16)11-29-22(31)20-9-15-12-28-8-7-19(15)30-20/h1-10,12,22,29-31H,11,13H2. The molecule has 2 heterocycles. The summed E-state index contributed by atoms with van der Waals surface area (Å²) in [4.78, 5) is 6.54. The molecule has 35 heavy (non-hydrogen) atoms. The van der Waals surface area contributed by atoms with E-state index in [4.69, 9.17) is 0 Å². The van der Waals surface area contributed by atoms with Gasteiger partial charge in [-0.1, -0.05) is 12.1 Å². The van der Waals surface area contributed by atoms with Gasteiger partial charge in [0.25, 0.3) is 0 Å². The van der Waals surface area contributed by atoms with Gasteiger partial charge in [-0.25, -0.2) is 12.8 Å². The first-order valence-corrected chi connectivity index (χ1v) is 11.7. The van der Waals surface area contributed by atoms with Crippen molar-refractivity contribution in [2.24, 2.45) is 0 Å². The number of alkyl halides is 3. The van der Waals surface area contributed by atoms with Crippen molar-refractivity contribution in [2.45, 2.75) is 28.7 Å². The summed E-state index contributed by atoms with van der Waals surface area (Å²) in [5, 5.41) is 14.1. The fourth-order valence-electron chi connectivity index (χ4n) is 3.31. The van der Waals surface area contributed by atoms with E-state index in [-0.39, 0.29) is 11.4 Å². The average Bonchev–Trinajstić information content (AvgIpc) is 3.26. The summed E-state index contributed by atoms with van der Waals surface area (Å²) in [6, 6.07) is 11.6. The highest BCUT2D eigenvalue weighted by Gasteiger charge is 2.29. The highest BCUT2D eigenvalue weighted by molar-refractivity contribution is 7.91. The highest BCUT2D eigenvalue weighted by Crippen LogP contribution is 2.28. The molecule has 12 heteroatoms. The zero-order chi connectivity index (χ0) is 25.2. The third kappa shape index (κ3) is 5.78. The molecule has 4 aromatic rings. The number of rotatable bonds is 8. The van der Waals surface area contributed by atoms with Gasteiger partial charge in [0.1, 0.15) is 6.23 Å². The molecule has 0 saturated heterocycles. The predicted molar refractivity (Wildman–Crippen MR) is 118 cm³/mol. The van der Waals surface area contributed by atoms with E-state index >= 15 is 0 Å². The summed E-state index contributed by atoms with van der Waals surface area (Å²) >= 11 is 0. The van der Waals surface area contributed by atoms with E-state index in [0.717, 1.165) is 29.1 Å². The van der Waals surface area contributed by atoms with Crippen molar-refractivity contribution in [3.8, 4) is 5.75 Å². The zero-order valence-electron chi connectivity index (χ0n) is 17.9. The van der Waals surface area contributed by atoms with Crippen LogP contribution in [0, 0.1) is 5.82 Å². The molecule has 0 aliphatic carbocycles. The third-order valence-electron chi connectivity index (χ3n) is 5.07. The lowest BCUT2D eigenvalue weighted by molar-refractivity contribution is -0.153. The summed E-state index contributed by atoms with van der Waals surface area (Å²) in [6.07, 6.45) is -2.43. The summed E-state index contributed by atoms with van der Waals surface area (Å²) in [5.41, 5.74) is 2.01. The minimum absolute atomic E-state index is 0.140. The minimum Gasteiger partial charge on any atom is -0.481 e. The number of ether oxygens (including phenoxy) is 1. The van der Waals surface area contributed by atoms with E-state index in [1.807, 2.05) is 0 Å². The Balaban J connectivity index is 1.44. The van der Waals surface area contributed by atoms with E-state index in [2.05, 4.69) is 20.0 Å². The van der Waals surface area contributed by atoms with E-state index in [0.29, 0.717) is 11.3 Å². The van der Waals surface area contributed by atoms with Crippen molar-refractivity contribution in [3.05, 3.63) is 84.1 Å². The van der Waals surface area contributed by atoms with Crippen molar-refractivity contribution in [1.29, 1.82) is 0 Å². The van der Waals surface area contributed by atoms with Gasteiger partial charge >= 0.3 is 6.18 Å². The van der Waals surface area contributed by atoms with Crippen molar-refractivity contribution >= 4 is 20.7 Å². The Morgan fingerprint density at radius 3 is 2.46 bits per heavy atom. The molecule has 0 radical (unpaired) electrons. The smallest absolute Gasteiger partial charge is 0.422 e. The highest BCUT2D eigenvalue weighted by atomic mass is 32.2. The van der Waals surface area contributed by atoms with Crippen LogP contribution in [0.5, 0.6) is 5.75 Å². The number of fused-ring (bicyclic) bond motifs is 1. The number of nitrogens with one attached hydrogen (secondary N) is 2. The van der Waals surface area contributed by atoms with Crippen LogP contribution in [0.2, 0.25) is 0 Å². The second-order valence-corrected chi connectivity index (χ2v) is 9.56. The number of benzene rings is 2. The molecule has 0 fully saturated rings. The molecule has 0 amide bonds. The third-order valence-corrected chi connectivity index (χ3v) is 6.84. The van der Waals surface area contributed by atoms with Gasteiger partial charge in [-0.2, -0.15) is 13.2 Å². The molecule has 3 N–H and O–H groups in total. The fourth-order valence-corrected chi connectivity index (χ4v) is 4.59. The lowest BCUT2D eigenvalue weighted by Crippen LogP contribution is -2.20. The quantitative estimate of drug-likeness (QED) is 0.186. The van der Waals surface area contributed by atoms with Crippen LogP contribution in [0.3, 0.4) is 0 Å². The number of aliphatic hydroxyl groups is 1. The lowest BCUT2D eigenvalue weighted by atomic mass is 10.2. The number of sulfone groups is 1. The normalized spacial score (nSPS) is 13.2. The van der Waals surface area contributed by atoms with Crippen molar-refractivity contribution < 1.29 is 35.8 Å². The minimum atomic E-state index is -4.70. The van der Waals surface area contributed by atoms with Crippen LogP contribution in [-0.2, 0) is 16.4 Å². The van der Waals surface area contributed by atoms with Gasteiger partial charge in [0.15, 0.2) is 18.2 Å². The molecule has 2 aromatic carbocycles. The van der Waals surface area contributed by atoms with Gasteiger partial charge < -0.3 is 14.8 Å². The Hall–Kier alpha value is -3.48. The Labute approximate surface area is 197 Å². The number of aromatic nitrogens is 2. The number of hydrogen-bond donors (Lipinski definition) is 3. The Bertz CT molecular complexity index is 1400. The van der Waals surface area contributed by atoms with Gasteiger partial charge in [-0.05, 0) is 42.0 Å². The number of hydrogen-bond acceptors (Lipinski definition) is 6. The maximum absolute atomic E-state index is 13.8. The molecule has 184 valence electrons. The van der Waals surface area contributed by atoms with Crippen LogP contribution < -0.4 is 10.1 Å². The van der Waals surface area contributed by atoms with Crippen LogP contribution >= 0.6 is 0 Å². The maximum atomic E-state index is 13.8. The number of aromatic amines is 1. The summed E-state index contributed by atoms with van der Waals surface area (Å²) in [6.45, 7) is -1.54. The average molecular weight is 509 g/mol. The molecular formula is C23H19F4N3O4S. The van der Waals surface area contributed by atoms with Gasteiger partial charge in [-0.3, -0.25) is 10.3 Å². The Morgan fingerprint density at radius 1 is 1.06 bits per heavy atom. The first-order valence-electron chi connectivity index (χ1n) is 10.2. The summed E-state index contributed by atoms with van der Waals surface area (Å²) in [7, 11) is -4.15. The number of halogens is 4. The molecule has 0 saturated carbocycles. The SMILES string of the molecule is O=S(=O)(c1ccc(CNC(O)c2cc3cnccc3[nH]2)cc1)c1ccc(F)c(OCC(F)(F)F)c1. The van der Waals surface area contributed by atoms with E-state index < -0.39 is 45.3 Å². The molecule has 0 spiro atoms. The van der Waals surface area contributed by atoms with Crippen LogP contribution in [0.4, 0.5) is 17.6 Å². The first-order chi connectivity index (χ1) is 16.5. The molecule has 0 aliphatic heterocycles. The largest absolute Gasteiger partial charge is 0.481 e. The molecule has 0 bridgehead atoms. The van der Waals surface area contributed by atoms with Crippen LogP contribution in [-0.4, -0.2) is 36.3 Å². The second-order valence-electron chi connectivity index (χ2n) is 7.61. The number of H-pyrrole nitrogens is 1. The molecule has 1 atom stereocenters. The summed E-state index contributed by atoms with van der Waals surface area (Å²) < 4.78 is 81.1. The van der Waals surface area contributed by atoms with E-state index in [9.17, 15) is 31.1 Å². The van der Waals surface area contributed by atoms with Crippen molar-refractivity contribution in [1.82, 2.24) is 15.3 Å². The molecule has 7 nitrogen and oxygen atoms in total. The number of aliphatic hydroxyl groups excluding tert-OH is 1. The van der Waals surface area contributed by atoms with Crippen LogP contribution in [0.25, 0.3) is 10.9 Å². The molecule has 0 aliphatic rings. The lowest BCUT2D eigenvalue weighted by Gasteiger charge is -2.13. The van der Waals surface area contributed by atoms with Gasteiger partial charge in [0, 0.05) is 35.9 Å². The number of pyridine rings is 1. The maximum Gasteiger partial charge on any atom is 0.422 e. The Morgan fingerprint density at radius 2 is 1.77 bits per heavy atom. The van der Waals surface area contributed by atoms with E-state index in [1.165, 1.54) is 24.3 Å². The zero-order valence-corrected chi connectivity index (χ0v) is 18.7.